The van der Waals surface area contributed by atoms with Gasteiger partial charge in [0.25, 0.3) is 0 Å². The number of hydrogen-bond acceptors (Lipinski definition) is 8. The molecule has 2 heterocycles. The Morgan fingerprint density at radius 3 is 2.22 bits per heavy atom. The summed E-state index contributed by atoms with van der Waals surface area (Å²) < 4.78 is 11.5. The van der Waals surface area contributed by atoms with Crippen LogP contribution in [0.3, 0.4) is 0 Å². The Morgan fingerprint density at radius 1 is 0.782 bits per heavy atom. The summed E-state index contributed by atoms with van der Waals surface area (Å²) >= 11 is 0. The number of aromatic nitrogens is 2. The Bertz CT molecular complexity index is 2120. The molecule has 4 aromatic carbocycles. The zero-order chi connectivity index (χ0) is 38.7. The van der Waals surface area contributed by atoms with Crippen molar-refractivity contribution in [1.82, 2.24) is 15.3 Å². The Kier molecular flexibility index (Phi) is 13.3. The summed E-state index contributed by atoms with van der Waals surface area (Å²) in [7, 11) is 1.55. The standard InChI is InChI=1S/C45H51N3O7/c1-29(49)25-48-28-55-44-21-30(10-12-40(44)50)18-36(19-31-14-16-46-26-31)42(52)24-43(53)37(20-32-15-17-47-27-32)22-35-11-13-41(51)45(54-2)39(35)23-34-8-5-7-33-6-3-4-9-38(33)34/h3-17,21,26-27,29,36-37,43,46-51,53H,18-20,22-25,28H2,1-2H3. The molecule has 288 valence electrons. The second-order valence-corrected chi connectivity index (χ2v) is 14.4. The van der Waals surface area contributed by atoms with Crippen molar-refractivity contribution in [2.45, 2.75) is 57.7 Å². The summed E-state index contributed by atoms with van der Waals surface area (Å²) in [6.45, 7) is 2.10. The van der Waals surface area contributed by atoms with Gasteiger partial charge in [-0.25, -0.2) is 0 Å². The van der Waals surface area contributed by atoms with Gasteiger partial charge in [0.05, 0.1) is 19.3 Å². The van der Waals surface area contributed by atoms with Crippen molar-refractivity contribution in [2.24, 2.45) is 11.8 Å². The Labute approximate surface area is 321 Å². The number of methoxy groups -OCH3 is 1. The largest absolute Gasteiger partial charge is 0.504 e. The molecule has 2 aromatic heterocycles. The van der Waals surface area contributed by atoms with Gasteiger partial charge in [0.1, 0.15) is 12.5 Å². The number of rotatable bonds is 20. The number of Topliss-reactive ketones (excluding diaryl/α,β-unsaturated/α-hetero) is 1. The van der Waals surface area contributed by atoms with Crippen LogP contribution in [0.25, 0.3) is 10.8 Å². The molecule has 6 rings (SSSR count). The molecule has 0 amide bonds. The number of aliphatic hydroxyl groups is 2. The number of nitrogens with one attached hydrogen (secondary N) is 3. The van der Waals surface area contributed by atoms with E-state index in [9.17, 15) is 25.2 Å². The number of H-pyrrole nitrogens is 2. The normalized spacial score (nSPS) is 13.7. The van der Waals surface area contributed by atoms with Gasteiger partial charge in [0.2, 0.25) is 0 Å². The number of ketones is 1. The highest BCUT2D eigenvalue weighted by Gasteiger charge is 2.29. The maximum Gasteiger partial charge on any atom is 0.164 e. The minimum atomic E-state index is -0.972. The number of aromatic hydroxyl groups is 2. The lowest BCUT2D eigenvalue weighted by molar-refractivity contribution is -0.125. The molecule has 0 saturated carbocycles. The monoisotopic (exact) mass is 745 g/mol. The average molecular weight is 746 g/mol. The van der Waals surface area contributed by atoms with Crippen LogP contribution in [-0.2, 0) is 36.9 Å². The SMILES string of the molecule is COc1c(O)ccc(CC(Cc2cc[nH]c2)C(O)CC(=O)C(Cc2cc[nH]c2)Cc2ccc(O)c(OCNCC(C)O)c2)c1Cc1cccc2ccccc12. The van der Waals surface area contributed by atoms with Crippen LogP contribution in [-0.4, -0.2) is 68.8 Å². The number of phenols is 2. The van der Waals surface area contributed by atoms with Crippen LogP contribution in [0.15, 0.2) is 110 Å². The van der Waals surface area contributed by atoms with Gasteiger partial charge in [0, 0.05) is 55.7 Å². The summed E-state index contributed by atoms with van der Waals surface area (Å²) in [5.41, 5.74) is 5.66. The third-order valence-electron chi connectivity index (χ3n) is 10.3. The molecule has 0 aliphatic carbocycles. The molecule has 10 nitrogen and oxygen atoms in total. The van der Waals surface area contributed by atoms with Gasteiger partial charge in [-0.2, -0.15) is 0 Å². The first kappa shape index (κ1) is 39.2. The number of phenolic OH excluding ortho intramolecular Hbond substituents is 2. The first-order valence-electron chi connectivity index (χ1n) is 18.8. The number of hydrogen-bond donors (Lipinski definition) is 7. The summed E-state index contributed by atoms with van der Waals surface area (Å²) in [5.74, 6) is -0.162. The lowest BCUT2D eigenvalue weighted by Gasteiger charge is -2.26. The van der Waals surface area contributed by atoms with Crippen molar-refractivity contribution < 1.29 is 34.7 Å². The fourth-order valence-electron chi connectivity index (χ4n) is 7.41. The van der Waals surface area contributed by atoms with E-state index < -0.39 is 18.1 Å². The van der Waals surface area contributed by atoms with Crippen LogP contribution in [0, 0.1) is 11.8 Å². The maximum absolute atomic E-state index is 14.3. The maximum atomic E-state index is 14.3. The van der Waals surface area contributed by atoms with E-state index in [-0.39, 0.29) is 42.1 Å². The van der Waals surface area contributed by atoms with Crippen LogP contribution in [0.5, 0.6) is 23.0 Å². The Balaban J connectivity index is 1.25. The van der Waals surface area contributed by atoms with Crippen LogP contribution in [0.2, 0.25) is 0 Å². The third kappa shape index (κ3) is 10.4. The Hall–Kier alpha value is -5.55. The van der Waals surface area contributed by atoms with Crippen LogP contribution in [0.4, 0.5) is 0 Å². The molecule has 10 heteroatoms. The second kappa shape index (κ2) is 18.7. The van der Waals surface area contributed by atoms with E-state index in [2.05, 4.69) is 39.6 Å². The zero-order valence-corrected chi connectivity index (χ0v) is 31.4. The number of carbonyl (C=O) groups excluding carboxylic acids is 1. The van der Waals surface area contributed by atoms with E-state index in [0.717, 1.165) is 44.2 Å². The quantitative estimate of drug-likeness (QED) is 0.0339. The van der Waals surface area contributed by atoms with E-state index in [1.165, 1.54) is 0 Å². The molecule has 0 bridgehead atoms. The molecular weight excluding hydrogens is 695 g/mol. The summed E-state index contributed by atoms with van der Waals surface area (Å²) in [5, 5.41) is 48.2. The number of ether oxygens (including phenoxy) is 2. The summed E-state index contributed by atoms with van der Waals surface area (Å²) in [4.78, 5) is 20.5. The zero-order valence-electron chi connectivity index (χ0n) is 31.4. The molecular formula is C45H51N3O7. The van der Waals surface area contributed by atoms with E-state index in [0.29, 0.717) is 44.4 Å². The molecule has 0 spiro atoms. The second-order valence-electron chi connectivity index (χ2n) is 14.4. The summed E-state index contributed by atoms with van der Waals surface area (Å²) in [6.07, 6.45) is 8.22. The fraction of sp³-hybridized carbons (Fsp3) is 0.311. The van der Waals surface area contributed by atoms with E-state index in [1.54, 1.807) is 38.3 Å². The van der Waals surface area contributed by atoms with E-state index in [4.69, 9.17) is 9.47 Å². The first-order chi connectivity index (χ1) is 26.7. The Morgan fingerprint density at radius 2 is 1.49 bits per heavy atom. The number of benzene rings is 4. The number of aliphatic hydroxyl groups excluding tert-OH is 2. The number of aromatic amines is 2. The predicted molar refractivity (Wildman–Crippen MR) is 214 cm³/mol. The number of fused-ring (bicyclic) bond motifs is 1. The molecule has 4 atom stereocenters. The van der Waals surface area contributed by atoms with Crippen molar-refractivity contribution in [3.63, 3.8) is 0 Å². The molecule has 0 radical (unpaired) electrons. The van der Waals surface area contributed by atoms with Crippen molar-refractivity contribution in [2.75, 3.05) is 20.4 Å². The van der Waals surface area contributed by atoms with Gasteiger partial charge in [-0.3, -0.25) is 10.1 Å². The molecule has 0 fully saturated rings. The van der Waals surface area contributed by atoms with Crippen molar-refractivity contribution in [3.8, 4) is 23.0 Å². The minimum absolute atomic E-state index is 0.0233. The van der Waals surface area contributed by atoms with Crippen molar-refractivity contribution >= 4 is 16.6 Å². The highest BCUT2D eigenvalue weighted by Crippen LogP contribution is 2.37. The lowest BCUT2D eigenvalue weighted by atomic mass is 9.81. The molecule has 0 aliphatic rings. The van der Waals surface area contributed by atoms with Crippen LogP contribution >= 0.6 is 0 Å². The van der Waals surface area contributed by atoms with Gasteiger partial charge in [-0.05, 0) is 107 Å². The van der Waals surface area contributed by atoms with Gasteiger partial charge in [-0.15, -0.1) is 0 Å². The molecule has 55 heavy (non-hydrogen) atoms. The van der Waals surface area contributed by atoms with Gasteiger partial charge < -0.3 is 39.9 Å². The van der Waals surface area contributed by atoms with Gasteiger partial charge >= 0.3 is 0 Å². The third-order valence-corrected chi connectivity index (χ3v) is 10.3. The fourth-order valence-corrected chi connectivity index (χ4v) is 7.41. The molecule has 4 unspecified atom stereocenters. The number of carbonyl (C=O) groups is 1. The molecule has 6 aromatic rings. The highest BCUT2D eigenvalue weighted by atomic mass is 16.5. The molecule has 0 aliphatic heterocycles. The van der Waals surface area contributed by atoms with Gasteiger partial charge in [-0.1, -0.05) is 54.6 Å². The lowest BCUT2D eigenvalue weighted by Crippen LogP contribution is -2.31. The first-order valence-corrected chi connectivity index (χ1v) is 18.8. The van der Waals surface area contributed by atoms with E-state index in [1.807, 2.05) is 61.2 Å². The van der Waals surface area contributed by atoms with Crippen molar-refractivity contribution in [3.05, 3.63) is 143 Å². The van der Waals surface area contributed by atoms with Crippen LogP contribution in [0.1, 0.15) is 46.7 Å². The van der Waals surface area contributed by atoms with Gasteiger partial charge in [0.15, 0.2) is 23.0 Å². The predicted octanol–water partition coefficient (Wildman–Crippen LogP) is 6.64. The molecule has 7 N–H and O–H groups in total. The highest BCUT2D eigenvalue weighted by molar-refractivity contribution is 5.86. The topological polar surface area (TPSA) is 160 Å². The minimum Gasteiger partial charge on any atom is -0.504 e. The summed E-state index contributed by atoms with van der Waals surface area (Å²) in [6, 6.07) is 26.9. The molecule has 0 saturated heterocycles. The van der Waals surface area contributed by atoms with E-state index >= 15 is 0 Å². The smallest absolute Gasteiger partial charge is 0.164 e. The van der Waals surface area contributed by atoms with Crippen LogP contribution < -0.4 is 14.8 Å². The average Bonchev–Trinajstić information content (AvgIpc) is 3.90. The van der Waals surface area contributed by atoms with Crippen molar-refractivity contribution in [1.29, 1.82) is 0 Å².